The number of anilines is 5. The van der Waals surface area contributed by atoms with Gasteiger partial charge in [-0.3, -0.25) is 0 Å². The predicted octanol–water partition coefficient (Wildman–Crippen LogP) is 4.52. The highest BCUT2D eigenvalue weighted by Gasteiger charge is 2.11. The molecule has 2 aromatic carbocycles. The highest BCUT2D eigenvalue weighted by atomic mass is 35.5. The molecule has 28 heavy (non-hydrogen) atoms. The summed E-state index contributed by atoms with van der Waals surface area (Å²) < 4.78 is 18.2. The van der Waals surface area contributed by atoms with Crippen molar-refractivity contribution in [2.45, 2.75) is 6.92 Å². The van der Waals surface area contributed by atoms with Gasteiger partial charge in [-0.25, -0.2) is 19.2 Å². The number of rotatable bonds is 6. The topological polar surface area (TPSA) is 102 Å². The van der Waals surface area contributed by atoms with E-state index in [1.165, 1.54) is 24.5 Å². The van der Waals surface area contributed by atoms with E-state index in [0.717, 1.165) is 0 Å². The highest BCUT2D eigenvalue weighted by Crippen LogP contribution is 2.29. The molecule has 0 atom stereocenters. The smallest absolute Gasteiger partial charge is 0.338 e. The molecule has 3 rings (SSSR count). The summed E-state index contributed by atoms with van der Waals surface area (Å²) in [5.41, 5.74) is 8.04. The Morgan fingerprint density at radius 1 is 1.11 bits per heavy atom. The van der Waals surface area contributed by atoms with Gasteiger partial charge < -0.3 is 21.1 Å². The number of nitrogens with one attached hydrogen (secondary N) is 2. The lowest BCUT2D eigenvalue weighted by molar-refractivity contribution is 0.0526. The Labute approximate surface area is 165 Å². The molecular weight excluding hydrogens is 385 g/mol. The number of carbonyl (C=O) groups is 1. The lowest BCUT2D eigenvalue weighted by atomic mass is 10.2. The molecule has 0 amide bonds. The largest absolute Gasteiger partial charge is 0.462 e. The Morgan fingerprint density at radius 3 is 2.32 bits per heavy atom. The van der Waals surface area contributed by atoms with Gasteiger partial charge in [0.05, 0.1) is 17.2 Å². The standard InChI is InChI=1S/C19H17ClFN5O2/c1-2-28-19(27)11-3-5-12(6-4-11)25-17-16(22)18(24-10-23-17)26-13-7-8-15(21)14(20)9-13/h3-10H,2,22H2,1H3,(H2,23,24,25,26). The number of ether oxygens (including phenoxy) is 1. The molecule has 0 fully saturated rings. The van der Waals surface area contributed by atoms with Gasteiger partial charge >= 0.3 is 5.97 Å². The van der Waals surface area contributed by atoms with Gasteiger partial charge in [0.15, 0.2) is 11.6 Å². The third-order valence-corrected chi connectivity index (χ3v) is 4.01. The number of aromatic nitrogens is 2. The second-order valence-corrected chi connectivity index (χ2v) is 6.07. The fourth-order valence-corrected chi connectivity index (χ4v) is 2.53. The van der Waals surface area contributed by atoms with E-state index in [-0.39, 0.29) is 16.7 Å². The maximum atomic E-state index is 13.3. The van der Waals surface area contributed by atoms with Crippen LogP contribution in [0.15, 0.2) is 48.8 Å². The van der Waals surface area contributed by atoms with Crippen molar-refractivity contribution >= 4 is 46.3 Å². The van der Waals surface area contributed by atoms with Gasteiger partial charge in [0.25, 0.3) is 0 Å². The minimum atomic E-state index is -0.517. The second-order valence-electron chi connectivity index (χ2n) is 5.66. The molecule has 7 nitrogen and oxygen atoms in total. The van der Waals surface area contributed by atoms with Crippen molar-refractivity contribution < 1.29 is 13.9 Å². The van der Waals surface area contributed by atoms with Crippen LogP contribution in [0, 0.1) is 5.82 Å². The normalized spacial score (nSPS) is 10.4. The molecule has 0 radical (unpaired) electrons. The molecule has 144 valence electrons. The fraction of sp³-hybridized carbons (Fsp3) is 0.105. The molecular formula is C19H17ClFN5O2. The molecule has 0 unspecified atom stereocenters. The summed E-state index contributed by atoms with van der Waals surface area (Å²) in [7, 11) is 0. The van der Waals surface area contributed by atoms with Gasteiger partial charge in [-0.1, -0.05) is 11.6 Å². The van der Waals surface area contributed by atoms with Gasteiger partial charge in [0.2, 0.25) is 0 Å². The van der Waals surface area contributed by atoms with Crippen molar-refractivity contribution in [2.75, 3.05) is 23.0 Å². The molecule has 3 aromatic rings. The van der Waals surface area contributed by atoms with Crippen molar-refractivity contribution in [3.05, 3.63) is 65.2 Å². The first kappa shape index (κ1) is 19.4. The highest BCUT2D eigenvalue weighted by molar-refractivity contribution is 6.31. The van der Waals surface area contributed by atoms with Gasteiger partial charge in [-0.2, -0.15) is 0 Å². The van der Waals surface area contributed by atoms with Crippen LogP contribution in [-0.4, -0.2) is 22.5 Å². The van der Waals surface area contributed by atoms with Crippen molar-refractivity contribution in [2.24, 2.45) is 0 Å². The molecule has 0 spiro atoms. The number of benzene rings is 2. The van der Waals surface area contributed by atoms with Crippen LogP contribution in [0.5, 0.6) is 0 Å². The van der Waals surface area contributed by atoms with Crippen LogP contribution in [0.3, 0.4) is 0 Å². The van der Waals surface area contributed by atoms with Crippen LogP contribution in [-0.2, 0) is 4.74 Å². The molecule has 0 saturated heterocycles. The SMILES string of the molecule is CCOC(=O)c1ccc(Nc2ncnc(Nc3ccc(F)c(Cl)c3)c2N)cc1. The average Bonchev–Trinajstić information content (AvgIpc) is 2.68. The number of nitrogens with zero attached hydrogens (tertiary/aromatic N) is 2. The summed E-state index contributed by atoms with van der Waals surface area (Å²) in [6.07, 6.45) is 1.33. The number of esters is 1. The van der Waals surface area contributed by atoms with Crippen LogP contribution in [0.1, 0.15) is 17.3 Å². The predicted molar refractivity (Wildman–Crippen MR) is 107 cm³/mol. The zero-order chi connectivity index (χ0) is 20.1. The molecule has 9 heteroatoms. The third-order valence-electron chi connectivity index (χ3n) is 3.73. The van der Waals surface area contributed by atoms with Crippen molar-refractivity contribution in [1.82, 2.24) is 9.97 Å². The number of hydrogen-bond acceptors (Lipinski definition) is 7. The Hall–Kier alpha value is -3.39. The van der Waals surface area contributed by atoms with Gasteiger partial charge in [0.1, 0.15) is 17.8 Å². The summed E-state index contributed by atoms with van der Waals surface area (Å²) in [4.78, 5) is 19.9. The van der Waals surface area contributed by atoms with E-state index in [0.29, 0.717) is 35.2 Å². The van der Waals surface area contributed by atoms with Crippen LogP contribution in [0.25, 0.3) is 0 Å². The summed E-state index contributed by atoms with van der Waals surface area (Å²) in [6, 6.07) is 10.9. The van der Waals surface area contributed by atoms with Gasteiger partial charge in [-0.05, 0) is 49.4 Å². The van der Waals surface area contributed by atoms with E-state index in [9.17, 15) is 9.18 Å². The summed E-state index contributed by atoms with van der Waals surface area (Å²) >= 11 is 5.79. The fourth-order valence-electron chi connectivity index (χ4n) is 2.35. The Balaban J connectivity index is 1.77. The Morgan fingerprint density at radius 2 is 1.71 bits per heavy atom. The first-order chi connectivity index (χ1) is 13.5. The number of halogens is 2. The van der Waals surface area contributed by atoms with E-state index >= 15 is 0 Å². The minimum absolute atomic E-state index is 0.0161. The maximum Gasteiger partial charge on any atom is 0.338 e. The molecule has 0 bridgehead atoms. The lowest BCUT2D eigenvalue weighted by Crippen LogP contribution is -2.06. The molecule has 1 aromatic heterocycles. The van der Waals surface area contributed by atoms with Crippen LogP contribution in [0.4, 0.5) is 33.1 Å². The summed E-state index contributed by atoms with van der Waals surface area (Å²) in [6.45, 7) is 2.06. The third kappa shape index (κ3) is 4.47. The zero-order valence-corrected chi connectivity index (χ0v) is 15.6. The van der Waals surface area contributed by atoms with E-state index in [1.807, 2.05) is 0 Å². The minimum Gasteiger partial charge on any atom is -0.462 e. The van der Waals surface area contributed by atoms with Gasteiger partial charge in [-0.15, -0.1) is 0 Å². The molecule has 1 heterocycles. The Kier molecular flexibility index (Phi) is 5.90. The summed E-state index contributed by atoms with van der Waals surface area (Å²) in [5.74, 6) is -0.200. The quantitative estimate of drug-likeness (QED) is 0.522. The van der Waals surface area contributed by atoms with Crippen molar-refractivity contribution in [3.8, 4) is 0 Å². The van der Waals surface area contributed by atoms with E-state index in [1.54, 1.807) is 31.2 Å². The number of carbonyl (C=O) groups excluding carboxylic acids is 1. The number of nitrogens with two attached hydrogens (primary N) is 1. The first-order valence-electron chi connectivity index (χ1n) is 8.34. The molecule has 0 saturated carbocycles. The maximum absolute atomic E-state index is 13.3. The molecule has 0 aliphatic heterocycles. The van der Waals surface area contributed by atoms with E-state index in [2.05, 4.69) is 20.6 Å². The summed E-state index contributed by atoms with van der Waals surface area (Å²) in [5, 5.41) is 6.02. The second kappa shape index (κ2) is 8.53. The zero-order valence-electron chi connectivity index (χ0n) is 14.9. The molecule has 4 N–H and O–H groups in total. The van der Waals surface area contributed by atoms with Gasteiger partial charge in [0, 0.05) is 11.4 Å². The lowest BCUT2D eigenvalue weighted by Gasteiger charge is -2.13. The number of hydrogen-bond donors (Lipinski definition) is 3. The van der Waals surface area contributed by atoms with E-state index < -0.39 is 5.82 Å². The van der Waals surface area contributed by atoms with Crippen molar-refractivity contribution in [3.63, 3.8) is 0 Å². The van der Waals surface area contributed by atoms with Crippen LogP contribution in [0.2, 0.25) is 5.02 Å². The van der Waals surface area contributed by atoms with Crippen LogP contribution >= 0.6 is 11.6 Å². The van der Waals surface area contributed by atoms with Crippen molar-refractivity contribution in [1.29, 1.82) is 0 Å². The molecule has 0 aliphatic rings. The first-order valence-corrected chi connectivity index (χ1v) is 8.72. The van der Waals surface area contributed by atoms with Crippen LogP contribution < -0.4 is 16.4 Å². The van der Waals surface area contributed by atoms with E-state index in [4.69, 9.17) is 22.1 Å². The monoisotopic (exact) mass is 401 g/mol. The molecule has 0 aliphatic carbocycles. The number of nitrogen functional groups attached to an aromatic ring is 1. The Bertz CT molecular complexity index is 998. The average molecular weight is 402 g/mol.